The Labute approximate surface area is 244 Å². The van der Waals surface area contributed by atoms with Crippen LogP contribution in [0.15, 0.2) is 49.1 Å². The van der Waals surface area contributed by atoms with Crippen molar-refractivity contribution in [1.29, 1.82) is 0 Å². The van der Waals surface area contributed by atoms with E-state index >= 15 is 0 Å². The summed E-state index contributed by atoms with van der Waals surface area (Å²) in [6, 6.07) is 11.2. The second-order valence-electron chi connectivity index (χ2n) is 11.3. The van der Waals surface area contributed by atoms with Gasteiger partial charge in [0, 0.05) is 35.0 Å². The first-order chi connectivity index (χ1) is 20.1. The van der Waals surface area contributed by atoms with Crippen LogP contribution in [0.5, 0.6) is 11.5 Å². The predicted molar refractivity (Wildman–Crippen MR) is 156 cm³/mol. The molecule has 9 nitrogen and oxygen atoms in total. The van der Waals surface area contributed by atoms with E-state index in [1.165, 1.54) is 0 Å². The molecule has 1 aromatic carbocycles. The van der Waals surface area contributed by atoms with Gasteiger partial charge >= 0.3 is 11.9 Å². The number of benzene rings is 1. The third kappa shape index (κ3) is 5.35. The zero-order valence-electron chi connectivity index (χ0n) is 24.4. The lowest BCUT2D eigenvalue weighted by molar-refractivity contribution is -0.152. The molecular formula is C33H36N2O7. The lowest BCUT2D eigenvalue weighted by Gasteiger charge is -2.19. The molecule has 0 unspecified atom stereocenters. The summed E-state index contributed by atoms with van der Waals surface area (Å²) in [7, 11) is 1.60. The zero-order chi connectivity index (χ0) is 30.2. The fraction of sp³-hybridized carbons (Fsp3) is 0.424. The highest BCUT2D eigenvalue weighted by Gasteiger charge is 2.61. The number of pyridine rings is 2. The van der Waals surface area contributed by atoms with Crippen LogP contribution in [0, 0.1) is 37.0 Å². The molecule has 3 aromatic rings. The number of carbonyl (C=O) groups is 3. The number of ether oxygens (including phenoxy) is 3. The fourth-order valence-corrected chi connectivity index (χ4v) is 6.28. The maximum absolute atomic E-state index is 13.6. The molecule has 2 heterocycles. The molecule has 5 rings (SSSR count). The van der Waals surface area contributed by atoms with E-state index < -0.39 is 35.3 Å². The number of fused-ring (bicyclic) bond motifs is 1. The Bertz CT molecular complexity index is 1570. The van der Waals surface area contributed by atoms with E-state index in [1.54, 1.807) is 20.1 Å². The monoisotopic (exact) mass is 572 g/mol. The molecule has 2 aromatic heterocycles. The van der Waals surface area contributed by atoms with Crippen molar-refractivity contribution in [3.8, 4) is 22.9 Å². The third-order valence-corrected chi connectivity index (χ3v) is 8.65. The number of ketones is 1. The fourth-order valence-electron chi connectivity index (χ4n) is 6.28. The normalized spacial score (nSPS) is 24.7. The number of esters is 1. The summed E-state index contributed by atoms with van der Waals surface area (Å²) in [5.41, 5.74) is 2.70. The summed E-state index contributed by atoms with van der Waals surface area (Å²) < 4.78 is 17.3. The Morgan fingerprint density at radius 3 is 2.48 bits per heavy atom. The molecule has 220 valence electrons. The number of allylic oxidation sites excluding steroid dienone is 1. The maximum atomic E-state index is 13.6. The van der Waals surface area contributed by atoms with Gasteiger partial charge in [-0.2, -0.15) is 0 Å². The number of methoxy groups -OCH3 is 1. The highest BCUT2D eigenvalue weighted by Crippen LogP contribution is 2.58. The average molecular weight is 573 g/mol. The standard InChI is InChI=1S/C33H36N2O7/c1-6-20-16-33(20,32(39)41-7-2)17-27(36)23-13-21(14-24(23)31(37)38)42-29-15-26(25-10-8-9-18(3)34-25)35-30-19(4)28(40-5)12-11-22(29)30/h6,8-12,15,20-21,23-24H,1,7,13-14,16-17H2,2-5H3,(H,37,38)/t20-,21-,23-,24-,33-/m1/s1. The summed E-state index contributed by atoms with van der Waals surface area (Å²) in [5.74, 6) is -2.37. The van der Waals surface area contributed by atoms with E-state index in [0.717, 1.165) is 16.6 Å². The smallest absolute Gasteiger partial charge is 0.313 e. The molecule has 2 fully saturated rings. The quantitative estimate of drug-likeness (QED) is 0.234. The molecule has 0 bridgehead atoms. The highest BCUT2D eigenvalue weighted by atomic mass is 16.5. The number of carbonyl (C=O) groups excluding carboxylic acids is 2. The van der Waals surface area contributed by atoms with Crippen LogP contribution in [0.4, 0.5) is 0 Å². The Kier molecular flexibility index (Phi) is 8.03. The molecule has 0 aliphatic heterocycles. The van der Waals surface area contributed by atoms with Crippen molar-refractivity contribution in [2.75, 3.05) is 13.7 Å². The minimum Gasteiger partial charge on any atom is -0.496 e. The van der Waals surface area contributed by atoms with Crippen molar-refractivity contribution in [1.82, 2.24) is 9.97 Å². The molecule has 0 amide bonds. The molecule has 0 radical (unpaired) electrons. The number of carboxylic acid groups (broad SMARTS) is 1. The van der Waals surface area contributed by atoms with Gasteiger partial charge in [-0.15, -0.1) is 6.58 Å². The van der Waals surface area contributed by atoms with Crippen molar-refractivity contribution in [2.24, 2.45) is 23.2 Å². The molecule has 2 aliphatic carbocycles. The van der Waals surface area contributed by atoms with Gasteiger partial charge in [0.1, 0.15) is 23.4 Å². The van der Waals surface area contributed by atoms with Gasteiger partial charge in [-0.05, 0) is 70.2 Å². The lowest BCUT2D eigenvalue weighted by atomic mass is 9.85. The molecule has 2 aliphatic rings. The largest absolute Gasteiger partial charge is 0.496 e. The van der Waals surface area contributed by atoms with Crippen molar-refractivity contribution < 1.29 is 33.7 Å². The van der Waals surface area contributed by atoms with Crippen LogP contribution < -0.4 is 9.47 Å². The average Bonchev–Trinajstić information content (AvgIpc) is 3.52. The maximum Gasteiger partial charge on any atom is 0.313 e. The molecule has 0 saturated heterocycles. The number of carboxylic acids is 1. The van der Waals surface area contributed by atoms with Crippen molar-refractivity contribution >= 4 is 28.6 Å². The number of Topliss-reactive ketones (excluding diaryl/α,β-unsaturated/α-hetero) is 1. The van der Waals surface area contributed by atoms with Gasteiger partial charge in [-0.25, -0.2) is 4.98 Å². The minimum absolute atomic E-state index is 0.0654. The van der Waals surface area contributed by atoms with Crippen LogP contribution in [0.3, 0.4) is 0 Å². The molecule has 42 heavy (non-hydrogen) atoms. The zero-order valence-corrected chi connectivity index (χ0v) is 24.4. The molecule has 5 atom stereocenters. The Morgan fingerprint density at radius 1 is 1.07 bits per heavy atom. The van der Waals surface area contributed by atoms with Crippen LogP contribution in [0.2, 0.25) is 0 Å². The van der Waals surface area contributed by atoms with Gasteiger partial charge in [0.2, 0.25) is 0 Å². The van der Waals surface area contributed by atoms with Crippen LogP contribution in [-0.2, 0) is 19.1 Å². The number of aromatic nitrogens is 2. The Morgan fingerprint density at radius 2 is 1.83 bits per heavy atom. The molecule has 9 heteroatoms. The topological polar surface area (TPSA) is 125 Å². The lowest BCUT2D eigenvalue weighted by Crippen LogP contribution is -2.31. The SMILES string of the molecule is C=C[C@@H]1C[C@]1(CC(=O)[C@@H]1C[C@@H](Oc2cc(-c3cccc(C)n3)nc3c(C)c(OC)ccc23)C[C@H]1C(=O)O)C(=O)OCC. The van der Waals surface area contributed by atoms with Gasteiger partial charge in [-0.1, -0.05) is 12.1 Å². The van der Waals surface area contributed by atoms with Gasteiger partial charge in [-0.3, -0.25) is 19.4 Å². The van der Waals surface area contributed by atoms with Crippen molar-refractivity contribution in [2.45, 2.75) is 52.6 Å². The molecular weight excluding hydrogens is 536 g/mol. The molecule has 0 spiro atoms. The van der Waals surface area contributed by atoms with Crippen LogP contribution in [-0.4, -0.2) is 52.6 Å². The van der Waals surface area contributed by atoms with Crippen molar-refractivity contribution in [3.05, 3.63) is 60.3 Å². The Balaban J connectivity index is 1.46. The molecule has 1 N–H and O–H groups in total. The molecule has 2 saturated carbocycles. The first kappa shape index (κ1) is 29.2. The van der Waals surface area contributed by atoms with E-state index in [-0.39, 0.29) is 37.6 Å². The number of rotatable bonds is 11. The summed E-state index contributed by atoms with van der Waals surface area (Å²) in [6.45, 7) is 9.55. The van der Waals surface area contributed by atoms with Gasteiger partial charge in [0.05, 0.1) is 42.0 Å². The van der Waals surface area contributed by atoms with Gasteiger partial charge in [0.15, 0.2) is 0 Å². The number of aryl methyl sites for hydroxylation is 2. The van der Waals surface area contributed by atoms with E-state index in [9.17, 15) is 19.5 Å². The summed E-state index contributed by atoms with van der Waals surface area (Å²) in [5, 5.41) is 10.8. The van der Waals surface area contributed by atoms with E-state index in [4.69, 9.17) is 19.2 Å². The number of nitrogens with zero attached hydrogens (tertiary/aromatic N) is 2. The van der Waals surface area contributed by atoms with Gasteiger partial charge in [0.25, 0.3) is 0 Å². The minimum atomic E-state index is -1.05. The second kappa shape index (κ2) is 11.5. The summed E-state index contributed by atoms with van der Waals surface area (Å²) in [4.78, 5) is 48.2. The summed E-state index contributed by atoms with van der Waals surface area (Å²) in [6.07, 6.45) is 1.95. The third-order valence-electron chi connectivity index (χ3n) is 8.65. The van der Waals surface area contributed by atoms with Crippen LogP contribution in [0.25, 0.3) is 22.3 Å². The van der Waals surface area contributed by atoms with Gasteiger partial charge < -0.3 is 19.3 Å². The number of aliphatic carboxylic acids is 1. The predicted octanol–water partition coefficient (Wildman–Crippen LogP) is 5.50. The highest BCUT2D eigenvalue weighted by molar-refractivity contribution is 5.94. The first-order valence-corrected chi connectivity index (χ1v) is 14.3. The Hall–Kier alpha value is -4.27. The second-order valence-corrected chi connectivity index (χ2v) is 11.3. The van der Waals surface area contributed by atoms with Crippen LogP contribution in [0.1, 0.15) is 43.9 Å². The van der Waals surface area contributed by atoms with Crippen LogP contribution >= 0.6 is 0 Å². The van der Waals surface area contributed by atoms with Crippen molar-refractivity contribution in [3.63, 3.8) is 0 Å². The van der Waals surface area contributed by atoms with E-state index in [1.807, 2.05) is 50.2 Å². The summed E-state index contributed by atoms with van der Waals surface area (Å²) >= 11 is 0. The number of hydrogen-bond acceptors (Lipinski definition) is 8. The van der Waals surface area contributed by atoms with E-state index in [2.05, 4.69) is 11.6 Å². The number of hydrogen-bond donors (Lipinski definition) is 1. The van der Waals surface area contributed by atoms with E-state index in [0.29, 0.717) is 34.8 Å². The first-order valence-electron chi connectivity index (χ1n) is 14.3.